The maximum atomic E-state index is 12.1. The number of carbonyl (C=O) groups is 1. The number of para-hydroxylation sites is 1. The van der Waals surface area contributed by atoms with Gasteiger partial charge in [-0.25, -0.2) is 0 Å². The molecule has 1 heterocycles. The van der Waals surface area contributed by atoms with Gasteiger partial charge < -0.3 is 10.4 Å². The summed E-state index contributed by atoms with van der Waals surface area (Å²) in [5.41, 5.74) is 0.292. The minimum Gasteiger partial charge on any atom is -0.504 e. The zero-order chi connectivity index (χ0) is 16.0. The Morgan fingerprint density at radius 3 is 2.76 bits per heavy atom. The summed E-state index contributed by atoms with van der Waals surface area (Å²) in [6.45, 7) is 4.53. The second-order valence-corrected chi connectivity index (χ2v) is 5.05. The predicted molar refractivity (Wildman–Crippen MR) is 83.2 cm³/mol. The number of likely N-dealkylation sites (tertiary alicyclic amines) is 1. The molecule has 2 atom stereocenters. The molecule has 2 N–H and O–H groups in total. The van der Waals surface area contributed by atoms with Crippen molar-refractivity contribution in [3.63, 3.8) is 0 Å². The molecular weight excluding hydrogens is 290 g/mol. The van der Waals surface area contributed by atoms with Crippen LogP contribution in [0.2, 0.25) is 5.02 Å². The molecule has 1 aliphatic heterocycles. The highest BCUT2D eigenvalue weighted by molar-refractivity contribution is 6.32. The normalized spacial score (nSPS) is 21.1. The molecule has 114 valence electrons. The molecule has 0 radical (unpaired) electrons. The summed E-state index contributed by atoms with van der Waals surface area (Å²) in [4.78, 5) is 13.9. The second kappa shape index (κ2) is 7.87. The van der Waals surface area contributed by atoms with Crippen molar-refractivity contribution in [1.29, 1.82) is 5.26 Å². The lowest BCUT2D eigenvalue weighted by molar-refractivity contribution is -0.119. The van der Waals surface area contributed by atoms with E-state index in [1.54, 1.807) is 18.2 Å². The van der Waals surface area contributed by atoms with Crippen LogP contribution >= 0.6 is 11.6 Å². The van der Waals surface area contributed by atoms with E-state index in [9.17, 15) is 9.90 Å². The molecule has 0 aromatic heterocycles. The molecule has 0 saturated carbocycles. The first-order valence-corrected chi connectivity index (χ1v) is 7.29. The lowest BCUT2D eigenvalue weighted by Gasteiger charge is -2.12. The van der Waals surface area contributed by atoms with Crippen molar-refractivity contribution in [2.24, 2.45) is 5.92 Å². The fraction of sp³-hybridized carbons (Fsp3) is 0.467. The number of amides is 1. The lowest BCUT2D eigenvalue weighted by atomic mass is 10.1. The summed E-state index contributed by atoms with van der Waals surface area (Å²) in [5.74, 6) is -0.601. The van der Waals surface area contributed by atoms with Crippen LogP contribution in [0, 0.1) is 17.2 Å². The number of halogens is 1. The Morgan fingerprint density at radius 1 is 1.52 bits per heavy atom. The van der Waals surface area contributed by atoms with E-state index in [0.29, 0.717) is 18.7 Å². The first-order chi connectivity index (χ1) is 10.0. The van der Waals surface area contributed by atoms with Crippen LogP contribution in [0.3, 0.4) is 0 Å². The molecule has 2 unspecified atom stereocenters. The summed E-state index contributed by atoms with van der Waals surface area (Å²) in [7, 11) is 1.82. The Hall–Kier alpha value is -1.77. The summed E-state index contributed by atoms with van der Waals surface area (Å²) < 4.78 is 0. The third kappa shape index (κ3) is 4.10. The minimum absolute atomic E-state index is 0.138. The van der Waals surface area contributed by atoms with Crippen molar-refractivity contribution in [3.8, 4) is 11.8 Å². The summed E-state index contributed by atoms with van der Waals surface area (Å²) in [6.07, 6.45) is 0.500. The maximum absolute atomic E-state index is 12.1. The molecule has 1 saturated heterocycles. The Morgan fingerprint density at radius 2 is 2.19 bits per heavy atom. The van der Waals surface area contributed by atoms with Gasteiger partial charge in [-0.1, -0.05) is 31.5 Å². The minimum atomic E-state index is -0.256. The van der Waals surface area contributed by atoms with E-state index in [0.717, 1.165) is 0 Å². The maximum Gasteiger partial charge on any atom is 0.228 e. The molecule has 0 aliphatic carbocycles. The van der Waals surface area contributed by atoms with Crippen LogP contribution in [0.5, 0.6) is 5.75 Å². The summed E-state index contributed by atoms with van der Waals surface area (Å²) in [6, 6.07) is 6.70. The number of hydrogen-bond donors (Lipinski definition) is 2. The number of phenolic OH excluding ortho intramolecular Hbond substituents is 1. The molecule has 1 aromatic rings. The SMILES string of the molecule is CC.CN1CC(C(=O)Nc2cccc(Cl)c2O)CC1C#N. The van der Waals surface area contributed by atoms with E-state index < -0.39 is 0 Å². The van der Waals surface area contributed by atoms with Crippen LogP contribution in [-0.2, 0) is 4.79 Å². The van der Waals surface area contributed by atoms with E-state index in [4.69, 9.17) is 16.9 Å². The number of carbonyl (C=O) groups excluding carboxylic acids is 1. The highest BCUT2D eigenvalue weighted by atomic mass is 35.5. The van der Waals surface area contributed by atoms with Gasteiger partial charge in [0.15, 0.2) is 5.75 Å². The van der Waals surface area contributed by atoms with Crippen LogP contribution in [0.15, 0.2) is 18.2 Å². The fourth-order valence-corrected chi connectivity index (χ4v) is 2.37. The van der Waals surface area contributed by atoms with Crippen LogP contribution in [-0.4, -0.2) is 35.5 Å². The van der Waals surface area contributed by atoms with Crippen molar-refractivity contribution < 1.29 is 9.90 Å². The third-order valence-electron chi connectivity index (χ3n) is 3.31. The van der Waals surface area contributed by atoms with Gasteiger partial charge in [0, 0.05) is 6.54 Å². The van der Waals surface area contributed by atoms with E-state index >= 15 is 0 Å². The van der Waals surface area contributed by atoms with Gasteiger partial charge in [-0.3, -0.25) is 9.69 Å². The lowest BCUT2D eigenvalue weighted by Crippen LogP contribution is -2.26. The van der Waals surface area contributed by atoms with Crippen molar-refractivity contribution >= 4 is 23.2 Å². The highest BCUT2D eigenvalue weighted by Gasteiger charge is 2.34. The second-order valence-electron chi connectivity index (χ2n) is 4.64. The molecule has 6 heteroatoms. The van der Waals surface area contributed by atoms with Gasteiger partial charge in [0.05, 0.1) is 28.7 Å². The number of hydrogen-bond acceptors (Lipinski definition) is 4. The zero-order valence-corrected chi connectivity index (χ0v) is 13.2. The highest BCUT2D eigenvalue weighted by Crippen LogP contribution is 2.32. The molecule has 1 amide bonds. The Balaban J connectivity index is 0.00000106. The van der Waals surface area contributed by atoms with Crippen molar-refractivity contribution in [2.75, 3.05) is 18.9 Å². The molecule has 0 bridgehead atoms. The fourth-order valence-electron chi connectivity index (χ4n) is 2.19. The van der Waals surface area contributed by atoms with Crippen molar-refractivity contribution in [3.05, 3.63) is 23.2 Å². The Labute approximate surface area is 130 Å². The van der Waals surface area contributed by atoms with Gasteiger partial charge in [0.1, 0.15) is 0 Å². The van der Waals surface area contributed by atoms with E-state index in [1.165, 1.54) is 0 Å². The van der Waals surface area contributed by atoms with Gasteiger partial charge in [-0.2, -0.15) is 5.26 Å². The van der Waals surface area contributed by atoms with Crippen molar-refractivity contribution in [2.45, 2.75) is 26.3 Å². The molecule has 2 rings (SSSR count). The predicted octanol–water partition coefficient (Wildman–Crippen LogP) is 2.85. The molecule has 1 aliphatic rings. The number of nitrogens with zero attached hydrogens (tertiary/aromatic N) is 2. The first-order valence-electron chi connectivity index (χ1n) is 6.91. The van der Waals surface area contributed by atoms with Crippen LogP contribution < -0.4 is 5.32 Å². The van der Waals surface area contributed by atoms with Gasteiger partial charge in [0.25, 0.3) is 0 Å². The van der Waals surface area contributed by atoms with Gasteiger partial charge in [-0.15, -0.1) is 0 Å². The Kier molecular flexibility index (Phi) is 6.47. The molecule has 0 spiro atoms. The first kappa shape index (κ1) is 17.3. The van der Waals surface area contributed by atoms with Crippen molar-refractivity contribution in [1.82, 2.24) is 4.90 Å². The number of rotatable bonds is 2. The molecule has 1 fully saturated rings. The molecule has 21 heavy (non-hydrogen) atoms. The Bertz CT molecular complexity index is 542. The number of aromatic hydroxyl groups is 1. The quantitative estimate of drug-likeness (QED) is 0.824. The van der Waals surface area contributed by atoms with E-state index in [1.807, 2.05) is 25.8 Å². The third-order valence-corrected chi connectivity index (χ3v) is 3.62. The average molecular weight is 310 g/mol. The van der Waals surface area contributed by atoms with Crippen LogP contribution in [0.25, 0.3) is 0 Å². The van der Waals surface area contributed by atoms with Crippen LogP contribution in [0.4, 0.5) is 5.69 Å². The molecule has 5 nitrogen and oxygen atoms in total. The number of phenols is 1. The number of anilines is 1. The number of nitriles is 1. The monoisotopic (exact) mass is 309 g/mol. The summed E-state index contributed by atoms with van der Waals surface area (Å²) >= 11 is 5.77. The topological polar surface area (TPSA) is 76.4 Å². The zero-order valence-electron chi connectivity index (χ0n) is 12.4. The van der Waals surface area contributed by atoms with E-state index in [2.05, 4.69) is 11.4 Å². The van der Waals surface area contributed by atoms with Gasteiger partial charge in [-0.05, 0) is 25.6 Å². The van der Waals surface area contributed by atoms with E-state index in [-0.39, 0.29) is 28.6 Å². The van der Waals surface area contributed by atoms with Gasteiger partial charge >= 0.3 is 0 Å². The van der Waals surface area contributed by atoms with Gasteiger partial charge in [0.2, 0.25) is 5.91 Å². The number of benzene rings is 1. The van der Waals surface area contributed by atoms with Crippen LogP contribution in [0.1, 0.15) is 20.3 Å². The number of nitrogens with one attached hydrogen (secondary N) is 1. The molecule has 1 aromatic carbocycles. The smallest absolute Gasteiger partial charge is 0.228 e. The average Bonchev–Trinajstić information content (AvgIpc) is 2.87. The molecular formula is C15H20ClN3O2. The summed E-state index contributed by atoms with van der Waals surface area (Å²) in [5, 5.41) is 21.5. The largest absolute Gasteiger partial charge is 0.504 e. The standard InChI is InChI=1S/C13H14ClN3O2.C2H6/c1-17-7-8(5-9(17)6-15)13(19)16-11-4-2-3-10(14)12(11)18;1-2/h2-4,8-9,18H,5,7H2,1H3,(H,16,19);1-2H3.